The molecule has 0 aromatic heterocycles. The number of nitrogens with zero attached hydrogens (tertiary/aromatic N) is 1. The zero-order chi connectivity index (χ0) is 14.7. The van der Waals surface area contributed by atoms with Crippen molar-refractivity contribution >= 4 is 0 Å². The summed E-state index contributed by atoms with van der Waals surface area (Å²) < 4.78 is 32.2. The fraction of sp³-hybridized carbons (Fsp3) is 0.600. The first-order valence-corrected chi connectivity index (χ1v) is 6.94. The Morgan fingerprint density at radius 3 is 2.85 bits per heavy atom. The molecule has 1 heterocycles. The van der Waals surface area contributed by atoms with Crippen LogP contribution in [0.2, 0.25) is 0 Å². The molecule has 1 N–H and O–H groups in total. The Labute approximate surface area is 118 Å². The number of likely N-dealkylation sites (N-methyl/N-ethyl adjacent to an activating group) is 1. The van der Waals surface area contributed by atoms with Crippen molar-refractivity contribution in [2.24, 2.45) is 0 Å². The minimum atomic E-state index is -0.995. The fourth-order valence-electron chi connectivity index (χ4n) is 2.72. The van der Waals surface area contributed by atoms with Gasteiger partial charge < -0.3 is 14.7 Å². The average Bonchev–Trinajstić information content (AvgIpc) is 2.85. The van der Waals surface area contributed by atoms with E-state index in [1.807, 2.05) is 14.0 Å². The number of hydrogen-bond donors (Lipinski definition) is 1. The number of halogens is 2. The van der Waals surface area contributed by atoms with E-state index in [2.05, 4.69) is 4.90 Å². The number of rotatable bonds is 5. The van der Waals surface area contributed by atoms with Crippen LogP contribution in [-0.2, 0) is 4.74 Å². The van der Waals surface area contributed by atoms with E-state index >= 15 is 0 Å². The highest BCUT2D eigenvalue weighted by Crippen LogP contribution is 2.24. The van der Waals surface area contributed by atoms with E-state index in [1.165, 1.54) is 12.1 Å². The zero-order valence-corrected chi connectivity index (χ0v) is 11.9. The van der Waals surface area contributed by atoms with Gasteiger partial charge in [-0.3, -0.25) is 0 Å². The van der Waals surface area contributed by atoms with Crippen LogP contribution in [0.3, 0.4) is 0 Å². The summed E-state index contributed by atoms with van der Waals surface area (Å²) in [6.07, 6.45) is 0.496. The van der Waals surface area contributed by atoms with E-state index in [0.717, 1.165) is 19.1 Å². The summed E-state index contributed by atoms with van der Waals surface area (Å²) >= 11 is 0. The maximum Gasteiger partial charge on any atom is 0.164 e. The molecule has 3 nitrogen and oxygen atoms in total. The van der Waals surface area contributed by atoms with Crippen molar-refractivity contribution in [2.75, 3.05) is 20.2 Å². The van der Waals surface area contributed by atoms with Gasteiger partial charge in [-0.05, 0) is 32.9 Å². The lowest BCUT2D eigenvalue weighted by molar-refractivity contribution is 0.0743. The maximum atomic E-state index is 13.6. The second-order valence-electron chi connectivity index (χ2n) is 5.36. The van der Waals surface area contributed by atoms with Gasteiger partial charge in [0.1, 0.15) is 0 Å². The first-order valence-electron chi connectivity index (χ1n) is 6.94. The third-order valence-corrected chi connectivity index (χ3v) is 4.00. The maximum absolute atomic E-state index is 13.6. The molecule has 1 aromatic carbocycles. The number of benzene rings is 1. The van der Waals surface area contributed by atoms with Crippen LogP contribution in [-0.4, -0.2) is 42.4 Å². The summed E-state index contributed by atoms with van der Waals surface area (Å²) in [6.45, 7) is 3.38. The van der Waals surface area contributed by atoms with E-state index in [1.54, 1.807) is 0 Å². The Morgan fingerprint density at radius 1 is 1.45 bits per heavy atom. The van der Waals surface area contributed by atoms with Gasteiger partial charge in [0.2, 0.25) is 0 Å². The van der Waals surface area contributed by atoms with Crippen LogP contribution in [0.4, 0.5) is 8.78 Å². The predicted octanol–water partition coefficient (Wildman–Crippen LogP) is 2.50. The van der Waals surface area contributed by atoms with Gasteiger partial charge >= 0.3 is 0 Å². The molecule has 0 amide bonds. The molecule has 112 valence electrons. The molecule has 1 aliphatic heterocycles. The molecule has 0 aliphatic carbocycles. The van der Waals surface area contributed by atoms with E-state index in [-0.39, 0.29) is 11.7 Å². The minimum absolute atomic E-state index is 0.0223. The van der Waals surface area contributed by atoms with Crippen molar-refractivity contribution in [1.82, 2.24) is 4.90 Å². The molecule has 1 saturated heterocycles. The van der Waals surface area contributed by atoms with Gasteiger partial charge in [-0.15, -0.1) is 0 Å². The van der Waals surface area contributed by atoms with E-state index in [0.29, 0.717) is 19.0 Å². The second-order valence-corrected chi connectivity index (χ2v) is 5.36. The quantitative estimate of drug-likeness (QED) is 0.902. The Kier molecular flexibility index (Phi) is 5.07. The molecule has 1 aliphatic rings. The molecule has 0 saturated carbocycles. The summed E-state index contributed by atoms with van der Waals surface area (Å²) in [4.78, 5) is 2.11. The lowest BCUT2D eigenvalue weighted by Gasteiger charge is -2.27. The van der Waals surface area contributed by atoms with Crippen LogP contribution in [0.5, 0.6) is 0 Å². The van der Waals surface area contributed by atoms with Gasteiger partial charge in [0.15, 0.2) is 11.6 Å². The molecule has 1 aromatic rings. The summed E-state index contributed by atoms with van der Waals surface area (Å²) in [6, 6.07) is 4.20. The van der Waals surface area contributed by atoms with Gasteiger partial charge in [0, 0.05) is 24.8 Å². The molecular formula is C15H21F2NO2. The van der Waals surface area contributed by atoms with Crippen LogP contribution in [0.25, 0.3) is 0 Å². The van der Waals surface area contributed by atoms with Crippen LogP contribution >= 0.6 is 0 Å². The van der Waals surface area contributed by atoms with E-state index < -0.39 is 17.7 Å². The predicted molar refractivity (Wildman–Crippen MR) is 72.4 cm³/mol. The van der Waals surface area contributed by atoms with Crippen molar-refractivity contribution in [3.63, 3.8) is 0 Å². The summed E-state index contributed by atoms with van der Waals surface area (Å²) in [5.41, 5.74) is 0.0223. The average molecular weight is 285 g/mol. The Balaban J connectivity index is 1.91. The smallest absolute Gasteiger partial charge is 0.164 e. The lowest BCUT2D eigenvalue weighted by atomic mass is 10.0. The third kappa shape index (κ3) is 3.34. The molecular weight excluding hydrogens is 264 g/mol. The van der Waals surface area contributed by atoms with Crippen molar-refractivity contribution in [3.05, 3.63) is 35.4 Å². The van der Waals surface area contributed by atoms with Crippen molar-refractivity contribution < 1.29 is 18.6 Å². The normalized spacial score (nSPS) is 24.3. The first-order chi connectivity index (χ1) is 9.50. The van der Waals surface area contributed by atoms with E-state index in [9.17, 15) is 13.9 Å². The summed E-state index contributed by atoms with van der Waals surface area (Å²) in [5, 5.41) is 10.0. The number of aliphatic hydroxyl groups excluding tert-OH is 1. The van der Waals surface area contributed by atoms with Crippen molar-refractivity contribution in [2.45, 2.75) is 38.0 Å². The molecule has 5 heteroatoms. The lowest BCUT2D eigenvalue weighted by Crippen LogP contribution is -2.37. The largest absolute Gasteiger partial charge is 0.388 e. The van der Waals surface area contributed by atoms with Gasteiger partial charge in [-0.25, -0.2) is 8.78 Å². The SMILES string of the molecule is CC1OCCC1N(C)CCC(O)c1cccc(F)c1F. The molecule has 3 unspecified atom stereocenters. The standard InChI is InChI=1S/C15H21F2NO2/c1-10-13(7-9-20-10)18(2)8-6-14(19)11-4-3-5-12(16)15(11)17/h3-5,10,13-14,19H,6-9H2,1-2H3. The molecule has 0 bridgehead atoms. The topological polar surface area (TPSA) is 32.7 Å². The third-order valence-electron chi connectivity index (χ3n) is 4.00. The second kappa shape index (κ2) is 6.61. The van der Waals surface area contributed by atoms with Crippen LogP contribution < -0.4 is 0 Å². The highest BCUT2D eigenvalue weighted by Gasteiger charge is 2.28. The van der Waals surface area contributed by atoms with Crippen molar-refractivity contribution in [3.8, 4) is 0 Å². The van der Waals surface area contributed by atoms with Gasteiger partial charge in [-0.1, -0.05) is 12.1 Å². The van der Waals surface area contributed by atoms with Gasteiger partial charge in [0.25, 0.3) is 0 Å². The Morgan fingerprint density at radius 2 is 2.20 bits per heavy atom. The highest BCUT2D eigenvalue weighted by molar-refractivity contribution is 5.21. The monoisotopic (exact) mass is 285 g/mol. The highest BCUT2D eigenvalue weighted by atomic mass is 19.2. The first kappa shape index (κ1) is 15.4. The molecule has 1 fully saturated rings. The number of ether oxygens (including phenoxy) is 1. The van der Waals surface area contributed by atoms with Crippen LogP contribution in [0.1, 0.15) is 31.4 Å². The van der Waals surface area contributed by atoms with Gasteiger partial charge in [0.05, 0.1) is 12.2 Å². The molecule has 3 atom stereocenters. The molecule has 0 spiro atoms. The zero-order valence-electron chi connectivity index (χ0n) is 11.9. The van der Waals surface area contributed by atoms with Gasteiger partial charge in [-0.2, -0.15) is 0 Å². The molecule has 20 heavy (non-hydrogen) atoms. The summed E-state index contributed by atoms with van der Waals surface area (Å²) in [7, 11) is 1.96. The van der Waals surface area contributed by atoms with E-state index in [4.69, 9.17) is 4.74 Å². The van der Waals surface area contributed by atoms with Crippen LogP contribution in [0.15, 0.2) is 18.2 Å². The number of aliphatic hydroxyl groups is 1. The molecule has 0 radical (unpaired) electrons. The Bertz CT molecular complexity index is 455. The summed E-state index contributed by atoms with van der Waals surface area (Å²) in [5.74, 6) is -1.88. The van der Waals surface area contributed by atoms with Crippen LogP contribution in [0, 0.1) is 11.6 Å². The molecule has 2 rings (SSSR count). The minimum Gasteiger partial charge on any atom is -0.388 e. The fourth-order valence-corrected chi connectivity index (χ4v) is 2.72. The Hall–Kier alpha value is -1.04. The number of hydrogen-bond acceptors (Lipinski definition) is 3. The van der Waals surface area contributed by atoms with Crippen molar-refractivity contribution in [1.29, 1.82) is 0 Å².